The Bertz CT molecular complexity index is 1150. The summed E-state index contributed by atoms with van der Waals surface area (Å²) in [5.41, 5.74) is 1.83. The monoisotopic (exact) mass is 594 g/mol. The lowest BCUT2D eigenvalue weighted by molar-refractivity contribution is 0.301. The molecule has 0 radical (unpaired) electrons. The molecule has 0 saturated carbocycles. The van der Waals surface area contributed by atoms with Crippen LogP contribution in [-0.4, -0.2) is 26.4 Å². The summed E-state index contributed by atoms with van der Waals surface area (Å²) in [6.07, 6.45) is 30.7. The van der Waals surface area contributed by atoms with Gasteiger partial charge in [0.25, 0.3) is 0 Å². The third-order valence-corrected chi connectivity index (χ3v) is 6.39. The molecule has 0 saturated heterocycles. The average Bonchev–Trinajstić information content (AvgIpc) is 3.04. The largest absolute Gasteiger partial charge is 0.494 e. The number of rotatable bonds is 25. The summed E-state index contributed by atoms with van der Waals surface area (Å²) < 4.78 is 25.0. The Balaban J connectivity index is 2.33. The number of allylic oxidation sites excluding steroid dienone is 12. The maximum Gasteiger partial charge on any atom is 0.127 e. The van der Waals surface area contributed by atoms with Crippen molar-refractivity contribution in [1.82, 2.24) is 0 Å². The zero-order chi connectivity index (χ0) is 31.5. The Kier molecular flexibility index (Phi) is 19.5. The molecule has 0 amide bonds. The van der Waals surface area contributed by atoms with Crippen LogP contribution in [-0.2, 0) is 0 Å². The lowest BCUT2D eigenvalue weighted by atomic mass is 10.0. The van der Waals surface area contributed by atoms with Crippen molar-refractivity contribution in [2.75, 3.05) is 26.4 Å². The number of ether oxygens (including phenoxy) is 4. The Morgan fingerprint density at radius 3 is 1.07 bits per heavy atom. The van der Waals surface area contributed by atoms with Gasteiger partial charge >= 0.3 is 0 Å². The van der Waals surface area contributed by atoms with Crippen LogP contribution in [0.3, 0.4) is 0 Å². The molecule has 0 aliphatic rings. The van der Waals surface area contributed by atoms with Crippen molar-refractivity contribution in [3.8, 4) is 34.1 Å². The molecule has 0 N–H and O–H groups in total. The molecule has 0 unspecified atom stereocenters. The summed E-state index contributed by atoms with van der Waals surface area (Å²) >= 11 is 0. The highest BCUT2D eigenvalue weighted by Gasteiger charge is 2.16. The molecule has 0 bridgehead atoms. The number of hydrogen-bond donors (Lipinski definition) is 0. The van der Waals surface area contributed by atoms with Crippen molar-refractivity contribution in [2.45, 2.75) is 51.4 Å². The van der Waals surface area contributed by atoms with E-state index in [0.717, 1.165) is 85.5 Å². The van der Waals surface area contributed by atoms with Crippen molar-refractivity contribution >= 4 is 0 Å². The zero-order valence-electron chi connectivity index (χ0n) is 26.3. The summed E-state index contributed by atoms with van der Waals surface area (Å²) in [5.74, 6) is 3.14. The van der Waals surface area contributed by atoms with Gasteiger partial charge < -0.3 is 18.9 Å². The Morgan fingerprint density at radius 2 is 0.750 bits per heavy atom. The van der Waals surface area contributed by atoms with Crippen molar-refractivity contribution < 1.29 is 18.9 Å². The molecule has 44 heavy (non-hydrogen) atoms. The second-order valence-electron chi connectivity index (χ2n) is 9.93. The van der Waals surface area contributed by atoms with E-state index in [2.05, 4.69) is 50.6 Å². The molecular weight excluding hydrogens is 544 g/mol. The first-order valence-electron chi connectivity index (χ1n) is 15.6. The molecule has 4 heteroatoms. The van der Waals surface area contributed by atoms with Crippen LogP contribution in [0.25, 0.3) is 11.1 Å². The van der Waals surface area contributed by atoms with Gasteiger partial charge in [-0.15, -0.1) is 0 Å². The van der Waals surface area contributed by atoms with Gasteiger partial charge in [-0.2, -0.15) is 0 Å². The van der Waals surface area contributed by atoms with Crippen LogP contribution >= 0.6 is 0 Å². The summed E-state index contributed by atoms with van der Waals surface area (Å²) in [5, 5.41) is 0. The first kappa shape index (κ1) is 35.8. The van der Waals surface area contributed by atoms with Gasteiger partial charge in [0.05, 0.1) is 26.4 Å². The number of unbranched alkanes of at least 4 members (excludes halogenated alkanes) is 4. The van der Waals surface area contributed by atoms with E-state index in [1.165, 1.54) is 0 Å². The SMILES string of the molecule is C=CC=CCCCOc1ccc(OCCCC=CC=C)c(-c2cc(OCCCC=CC=C)ccc2OCCCC=CC=C)c1. The topological polar surface area (TPSA) is 36.9 Å². The van der Waals surface area contributed by atoms with Crippen LogP contribution < -0.4 is 18.9 Å². The van der Waals surface area contributed by atoms with Gasteiger partial charge in [0.1, 0.15) is 23.0 Å². The second kappa shape index (κ2) is 24.0. The molecule has 234 valence electrons. The molecule has 0 spiro atoms. The van der Waals surface area contributed by atoms with E-state index in [0.29, 0.717) is 26.4 Å². The van der Waals surface area contributed by atoms with Gasteiger partial charge in [0.15, 0.2) is 0 Å². The van der Waals surface area contributed by atoms with E-state index in [4.69, 9.17) is 18.9 Å². The minimum atomic E-state index is 0.588. The molecule has 2 rings (SSSR count). The fourth-order valence-corrected chi connectivity index (χ4v) is 4.19. The maximum absolute atomic E-state index is 6.33. The quantitative estimate of drug-likeness (QED) is 0.0846. The van der Waals surface area contributed by atoms with Crippen LogP contribution in [0.2, 0.25) is 0 Å². The predicted octanol–water partition coefficient (Wildman–Crippen LogP) is 11.0. The highest BCUT2D eigenvalue weighted by molar-refractivity contribution is 5.78. The van der Waals surface area contributed by atoms with Gasteiger partial charge in [0.2, 0.25) is 0 Å². The fraction of sp³-hybridized carbons (Fsp3) is 0.300. The van der Waals surface area contributed by atoms with Gasteiger partial charge in [-0.25, -0.2) is 0 Å². The third-order valence-electron chi connectivity index (χ3n) is 6.39. The minimum absolute atomic E-state index is 0.588. The van der Waals surface area contributed by atoms with Gasteiger partial charge in [-0.1, -0.05) is 99.2 Å². The number of benzene rings is 2. The predicted molar refractivity (Wildman–Crippen MR) is 188 cm³/mol. The summed E-state index contributed by atoms with van der Waals surface area (Å²) in [6.45, 7) is 17.3. The standard InChI is InChI=1S/C40H50O4/c1-5-9-13-17-21-29-41-35-25-27-39(43-31-23-19-15-11-7-3)37(33-35)38-34-36(42-30-22-18-14-10-6-2)26-28-40(38)44-32-24-20-16-12-8-4/h5-16,25-28,33-34H,1-4,17-24,29-32H2. The fourth-order valence-electron chi connectivity index (χ4n) is 4.19. The Hall–Kier alpha value is -4.44. The van der Waals surface area contributed by atoms with Crippen LogP contribution in [0.5, 0.6) is 23.0 Å². The zero-order valence-corrected chi connectivity index (χ0v) is 26.3. The highest BCUT2D eigenvalue weighted by Crippen LogP contribution is 2.41. The van der Waals surface area contributed by atoms with Crippen LogP contribution in [0.1, 0.15) is 51.4 Å². The molecule has 2 aromatic rings. The van der Waals surface area contributed by atoms with Gasteiger partial charge in [-0.3, -0.25) is 0 Å². The first-order chi connectivity index (χ1) is 21.7. The summed E-state index contributed by atoms with van der Waals surface area (Å²) in [4.78, 5) is 0. The van der Waals surface area contributed by atoms with E-state index in [1.54, 1.807) is 24.3 Å². The first-order valence-corrected chi connectivity index (χ1v) is 15.6. The van der Waals surface area contributed by atoms with E-state index in [1.807, 2.05) is 60.7 Å². The molecule has 0 aliphatic heterocycles. The molecule has 2 aromatic carbocycles. The molecule has 0 aliphatic carbocycles. The van der Waals surface area contributed by atoms with E-state index >= 15 is 0 Å². The number of hydrogen-bond acceptors (Lipinski definition) is 4. The van der Waals surface area contributed by atoms with Crippen molar-refractivity contribution in [3.05, 3.63) is 136 Å². The molecular formula is C40H50O4. The normalized spacial score (nSPS) is 11.4. The molecule has 0 heterocycles. The Morgan fingerprint density at radius 1 is 0.432 bits per heavy atom. The Labute approximate surface area is 266 Å². The second-order valence-corrected chi connectivity index (χ2v) is 9.93. The van der Waals surface area contributed by atoms with Crippen molar-refractivity contribution in [1.29, 1.82) is 0 Å². The average molecular weight is 595 g/mol. The van der Waals surface area contributed by atoms with Gasteiger partial charge in [-0.05, 0) is 87.8 Å². The molecule has 0 aromatic heterocycles. The van der Waals surface area contributed by atoms with E-state index in [9.17, 15) is 0 Å². The molecule has 0 fully saturated rings. The van der Waals surface area contributed by atoms with Crippen molar-refractivity contribution in [2.24, 2.45) is 0 Å². The van der Waals surface area contributed by atoms with E-state index < -0.39 is 0 Å². The minimum Gasteiger partial charge on any atom is -0.494 e. The van der Waals surface area contributed by atoms with Crippen LogP contribution in [0.4, 0.5) is 0 Å². The molecule has 0 atom stereocenters. The smallest absolute Gasteiger partial charge is 0.127 e. The lowest BCUT2D eigenvalue weighted by Gasteiger charge is -2.18. The van der Waals surface area contributed by atoms with Crippen molar-refractivity contribution in [3.63, 3.8) is 0 Å². The molecule has 4 nitrogen and oxygen atoms in total. The highest BCUT2D eigenvalue weighted by atomic mass is 16.5. The summed E-state index contributed by atoms with van der Waals surface area (Å²) in [7, 11) is 0. The lowest BCUT2D eigenvalue weighted by Crippen LogP contribution is -2.03. The van der Waals surface area contributed by atoms with Crippen LogP contribution in [0, 0.1) is 0 Å². The maximum atomic E-state index is 6.33. The van der Waals surface area contributed by atoms with E-state index in [-0.39, 0.29) is 0 Å². The van der Waals surface area contributed by atoms with Crippen LogP contribution in [0.15, 0.2) is 136 Å². The van der Waals surface area contributed by atoms with Gasteiger partial charge in [0, 0.05) is 11.1 Å². The third kappa shape index (κ3) is 15.2. The summed E-state index contributed by atoms with van der Waals surface area (Å²) in [6, 6.07) is 12.0.